The fourth-order valence-corrected chi connectivity index (χ4v) is 1.80. The summed E-state index contributed by atoms with van der Waals surface area (Å²) in [6, 6.07) is 0. The zero-order valence-electron chi connectivity index (χ0n) is 8.66. The van der Waals surface area contributed by atoms with Gasteiger partial charge in [-0.2, -0.15) is 5.10 Å². The molecule has 0 aliphatic carbocycles. The topological polar surface area (TPSA) is 53.1 Å². The summed E-state index contributed by atoms with van der Waals surface area (Å²) in [5, 5.41) is 4.18. The molecule has 1 rings (SSSR count). The quantitative estimate of drug-likeness (QED) is 0.708. The highest BCUT2D eigenvalue weighted by Gasteiger charge is 2.26. The van der Waals surface area contributed by atoms with E-state index in [0.717, 1.165) is 5.69 Å². The van der Waals surface area contributed by atoms with Crippen molar-refractivity contribution >= 4 is 0 Å². The van der Waals surface area contributed by atoms with Crippen LogP contribution in [0.15, 0.2) is 6.20 Å². The Morgan fingerprint density at radius 3 is 2.62 bits per heavy atom. The molecule has 0 radical (unpaired) electrons. The van der Waals surface area contributed by atoms with Gasteiger partial charge < -0.3 is 4.84 Å². The normalized spacial score (nSPS) is 12.1. The van der Waals surface area contributed by atoms with Gasteiger partial charge in [0.1, 0.15) is 0 Å². The lowest BCUT2D eigenvalue weighted by Gasteiger charge is -2.24. The average molecular weight is 183 g/mol. The zero-order chi connectivity index (χ0) is 10.1. The molecule has 0 unspecified atom stereocenters. The Morgan fingerprint density at radius 1 is 1.62 bits per heavy atom. The third kappa shape index (κ3) is 1.89. The molecule has 4 heteroatoms. The van der Waals surface area contributed by atoms with Crippen LogP contribution in [-0.4, -0.2) is 16.4 Å². The number of rotatable bonds is 3. The van der Waals surface area contributed by atoms with E-state index >= 15 is 0 Å². The number of nitrogens with two attached hydrogens (primary N) is 1. The maximum atomic E-state index is 5.09. The van der Waals surface area contributed by atoms with E-state index in [1.807, 2.05) is 24.9 Å². The first-order valence-electron chi connectivity index (χ1n) is 4.30. The third-order valence-corrected chi connectivity index (χ3v) is 2.21. The molecule has 0 saturated carbocycles. The van der Waals surface area contributed by atoms with E-state index in [1.54, 1.807) is 0 Å². The van der Waals surface area contributed by atoms with Gasteiger partial charge in [-0.15, -0.1) is 0 Å². The van der Waals surface area contributed by atoms with Crippen LogP contribution in [0.5, 0.6) is 0 Å². The molecule has 1 aromatic heterocycles. The van der Waals surface area contributed by atoms with Crippen LogP contribution in [0.1, 0.15) is 25.1 Å². The molecule has 0 amide bonds. The predicted molar refractivity (Wildman–Crippen MR) is 51.1 cm³/mol. The molecule has 13 heavy (non-hydrogen) atoms. The molecule has 0 bridgehead atoms. The highest BCUT2D eigenvalue weighted by atomic mass is 16.6. The molecule has 0 aromatic carbocycles. The van der Waals surface area contributed by atoms with E-state index in [9.17, 15) is 0 Å². The summed E-state index contributed by atoms with van der Waals surface area (Å²) >= 11 is 0. The maximum Gasteiger partial charge on any atom is 0.0785 e. The molecule has 0 aliphatic heterocycles. The van der Waals surface area contributed by atoms with Gasteiger partial charge in [0.25, 0.3) is 0 Å². The molecule has 0 spiro atoms. The average Bonchev–Trinajstić information content (AvgIpc) is 2.31. The van der Waals surface area contributed by atoms with Crippen molar-refractivity contribution in [3.63, 3.8) is 0 Å². The van der Waals surface area contributed by atoms with Crippen LogP contribution in [0.3, 0.4) is 0 Å². The van der Waals surface area contributed by atoms with Crippen molar-refractivity contribution in [2.45, 2.75) is 26.2 Å². The maximum absolute atomic E-state index is 5.09. The Bertz CT molecular complexity index is 272. The Labute approximate surface area is 78.6 Å². The number of nitrogens with zero attached hydrogens (tertiary/aromatic N) is 2. The minimum atomic E-state index is -0.0932. The summed E-state index contributed by atoms with van der Waals surface area (Å²) in [5.41, 5.74) is 2.24. The van der Waals surface area contributed by atoms with Gasteiger partial charge >= 0.3 is 0 Å². The third-order valence-electron chi connectivity index (χ3n) is 2.21. The van der Waals surface area contributed by atoms with E-state index in [4.69, 9.17) is 10.7 Å². The summed E-state index contributed by atoms with van der Waals surface area (Å²) < 4.78 is 1.87. The Kier molecular flexibility index (Phi) is 2.73. The standard InChI is InChI=1S/C9H17N3O/c1-7-5-11-12(4)8(7)9(2,3)6-13-10/h5H,6,10H2,1-4H3. The largest absolute Gasteiger partial charge is 0.304 e. The second kappa shape index (κ2) is 3.47. The molecular formula is C9H17N3O. The molecule has 0 atom stereocenters. The molecule has 4 nitrogen and oxygen atoms in total. The van der Waals surface area contributed by atoms with Gasteiger partial charge in [0, 0.05) is 18.2 Å². The number of aromatic nitrogens is 2. The van der Waals surface area contributed by atoms with Crippen molar-refractivity contribution in [3.8, 4) is 0 Å². The minimum absolute atomic E-state index is 0.0932. The van der Waals surface area contributed by atoms with E-state index < -0.39 is 0 Å². The van der Waals surface area contributed by atoms with Gasteiger partial charge in [0.2, 0.25) is 0 Å². The smallest absolute Gasteiger partial charge is 0.0785 e. The second-order valence-corrected chi connectivity index (χ2v) is 3.99. The number of hydrogen-bond acceptors (Lipinski definition) is 3. The van der Waals surface area contributed by atoms with Crippen molar-refractivity contribution < 1.29 is 4.84 Å². The molecular weight excluding hydrogens is 166 g/mol. The number of hydrogen-bond donors (Lipinski definition) is 1. The Hall–Kier alpha value is -0.870. The summed E-state index contributed by atoms with van der Waals surface area (Å²) in [6.45, 7) is 6.71. The van der Waals surface area contributed by atoms with Crippen molar-refractivity contribution in [1.29, 1.82) is 0 Å². The summed E-state index contributed by atoms with van der Waals surface area (Å²) in [7, 11) is 1.93. The van der Waals surface area contributed by atoms with E-state index in [0.29, 0.717) is 6.61 Å². The first kappa shape index (κ1) is 10.2. The number of aryl methyl sites for hydroxylation is 2. The van der Waals surface area contributed by atoms with Crippen molar-refractivity contribution in [3.05, 3.63) is 17.5 Å². The summed E-state index contributed by atoms with van der Waals surface area (Å²) in [4.78, 5) is 4.70. The predicted octanol–water partition coefficient (Wildman–Crippen LogP) is 0.896. The van der Waals surface area contributed by atoms with Crippen LogP contribution in [-0.2, 0) is 17.3 Å². The van der Waals surface area contributed by atoms with Gasteiger partial charge in [0.15, 0.2) is 0 Å². The van der Waals surface area contributed by atoms with E-state index in [-0.39, 0.29) is 5.41 Å². The molecule has 2 N–H and O–H groups in total. The van der Waals surface area contributed by atoms with Crippen LogP contribution in [0.25, 0.3) is 0 Å². The van der Waals surface area contributed by atoms with Crippen LogP contribution in [0.4, 0.5) is 0 Å². The van der Waals surface area contributed by atoms with Crippen molar-refractivity contribution in [2.24, 2.45) is 12.9 Å². The van der Waals surface area contributed by atoms with Gasteiger partial charge in [-0.05, 0) is 12.5 Å². The van der Waals surface area contributed by atoms with Crippen LogP contribution < -0.4 is 5.90 Å². The molecule has 74 valence electrons. The fourth-order valence-electron chi connectivity index (χ4n) is 1.80. The van der Waals surface area contributed by atoms with Gasteiger partial charge in [0.05, 0.1) is 12.8 Å². The lowest BCUT2D eigenvalue weighted by molar-refractivity contribution is 0.0932. The lowest BCUT2D eigenvalue weighted by Crippen LogP contribution is -2.29. The Morgan fingerprint density at radius 2 is 2.23 bits per heavy atom. The molecule has 0 aliphatic rings. The second-order valence-electron chi connectivity index (χ2n) is 3.99. The SMILES string of the molecule is Cc1cnn(C)c1C(C)(C)CON. The first-order valence-corrected chi connectivity index (χ1v) is 4.30. The van der Waals surface area contributed by atoms with Gasteiger partial charge in [-0.3, -0.25) is 4.68 Å². The molecule has 0 saturated heterocycles. The van der Waals surface area contributed by atoms with Crippen LogP contribution >= 0.6 is 0 Å². The lowest BCUT2D eigenvalue weighted by atomic mass is 9.88. The highest BCUT2D eigenvalue weighted by molar-refractivity contribution is 5.23. The summed E-state index contributed by atoms with van der Waals surface area (Å²) in [6.07, 6.45) is 1.85. The summed E-state index contributed by atoms with van der Waals surface area (Å²) in [5.74, 6) is 5.09. The van der Waals surface area contributed by atoms with E-state index in [1.165, 1.54) is 5.56 Å². The zero-order valence-corrected chi connectivity index (χ0v) is 8.66. The fraction of sp³-hybridized carbons (Fsp3) is 0.667. The molecule has 1 heterocycles. The monoisotopic (exact) mass is 183 g/mol. The Balaban J connectivity index is 3.05. The van der Waals surface area contributed by atoms with Gasteiger partial charge in [-0.1, -0.05) is 13.8 Å². The van der Waals surface area contributed by atoms with Gasteiger partial charge in [-0.25, -0.2) is 5.90 Å². The van der Waals surface area contributed by atoms with Crippen LogP contribution in [0.2, 0.25) is 0 Å². The molecule has 0 fully saturated rings. The van der Waals surface area contributed by atoms with Crippen LogP contribution in [0, 0.1) is 6.92 Å². The highest BCUT2D eigenvalue weighted by Crippen LogP contribution is 2.25. The first-order chi connectivity index (χ1) is 5.99. The van der Waals surface area contributed by atoms with Crippen molar-refractivity contribution in [2.75, 3.05) is 6.61 Å². The van der Waals surface area contributed by atoms with E-state index in [2.05, 4.69) is 18.9 Å². The minimum Gasteiger partial charge on any atom is -0.304 e. The van der Waals surface area contributed by atoms with Crippen molar-refractivity contribution in [1.82, 2.24) is 9.78 Å². The molecule has 1 aromatic rings.